The van der Waals surface area contributed by atoms with Gasteiger partial charge in [0.1, 0.15) is 17.3 Å². The zero-order valence-electron chi connectivity index (χ0n) is 29.4. The summed E-state index contributed by atoms with van der Waals surface area (Å²) in [5, 5.41) is 12.9. The molecule has 6 aliphatic rings. The van der Waals surface area contributed by atoms with Gasteiger partial charge >= 0.3 is 11.9 Å². The van der Waals surface area contributed by atoms with Crippen molar-refractivity contribution in [3.63, 3.8) is 0 Å². The summed E-state index contributed by atoms with van der Waals surface area (Å²) in [5.41, 5.74) is -3.23. The van der Waals surface area contributed by atoms with Gasteiger partial charge in [-0.15, -0.1) is 0 Å². The third-order valence-electron chi connectivity index (χ3n) is 13.6. The van der Waals surface area contributed by atoms with Gasteiger partial charge in [-0.2, -0.15) is 0 Å². The summed E-state index contributed by atoms with van der Waals surface area (Å²) in [6.07, 6.45) is -0.0408. The zero-order valence-corrected chi connectivity index (χ0v) is 29.4. The van der Waals surface area contributed by atoms with E-state index >= 15 is 0 Å². The van der Waals surface area contributed by atoms with Crippen LogP contribution in [-0.4, -0.2) is 126 Å². The van der Waals surface area contributed by atoms with E-state index in [0.29, 0.717) is 24.5 Å². The van der Waals surface area contributed by atoms with E-state index in [9.17, 15) is 14.7 Å². The van der Waals surface area contributed by atoms with Gasteiger partial charge in [0.25, 0.3) is 0 Å². The number of esters is 2. The number of fused-ring (bicyclic) bond motifs is 2. The zero-order chi connectivity index (χ0) is 34.4. The Balaban J connectivity index is 1.45. The van der Waals surface area contributed by atoms with Crippen molar-refractivity contribution in [2.45, 2.75) is 81.2 Å². The molecule has 5 aliphatic carbocycles. The van der Waals surface area contributed by atoms with Crippen LogP contribution >= 0.6 is 0 Å². The van der Waals surface area contributed by atoms with E-state index < -0.39 is 46.7 Å². The highest BCUT2D eigenvalue weighted by Crippen LogP contribution is 2.80. The van der Waals surface area contributed by atoms with Crippen molar-refractivity contribution in [3.8, 4) is 11.5 Å². The van der Waals surface area contributed by atoms with Crippen LogP contribution < -0.4 is 9.47 Å². The van der Waals surface area contributed by atoms with Crippen LogP contribution in [0.4, 0.5) is 0 Å². The van der Waals surface area contributed by atoms with E-state index in [0.717, 1.165) is 25.9 Å². The smallest absolute Gasteiger partial charge is 0.338 e. The number of nitrogens with zero attached hydrogens (tertiary/aromatic N) is 1. The highest BCUT2D eigenvalue weighted by atomic mass is 16.6. The number of carbonyl (C=O) groups is 2. The summed E-state index contributed by atoms with van der Waals surface area (Å²) >= 11 is 0. The van der Waals surface area contributed by atoms with Gasteiger partial charge in [0.05, 0.1) is 44.7 Å². The molecule has 7 bridgehead atoms. The number of methoxy groups -OCH3 is 6. The van der Waals surface area contributed by atoms with E-state index in [4.69, 9.17) is 37.9 Å². The van der Waals surface area contributed by atoms with Crippen LogP contribution in [0, 0.1) is 34.5 Å². The quantitative estimate of drug-likeness (QED) is 0.347. The number of carbonyl (C=O) groups excluding carboxylic acids is 2. The summed E-state index contributed by atoms with van der Waals surface area (Å²) < 4.78 is 49.2. The van der Waals surface area contributed by atoms with E-state index in [-0.39, 0.29) is 53.4 Å². The van der Waals surface area contributed by atoms with Crippen LogP contribution in [0.1, 0.15) is 49.9 Å². The Morgan fingerprint density at radius 2 is 1.69 bits per heavy atom. The first-order valence-electron chi connectivity index (χ1n) is 17.2. The Bertz CT molecular complexity index is 1440. The van der Waals surface area contributed by atoms with Gasteiger partial charge in [0, 0.05) is 83.0 Å². The van der Waals surface area contributed by atoms with E-state index in [1.807, 2.05) is 0 Å². The van der Waals surface area contributed by atoms with Crippen LogP contribution in [-0.2, 0) is 33.2 Å². The molecule has 0 unspecified atom stereocenters. The van der Waals surface area contributed by atoms with Gasteiger partial charge in [-0.05, 0) is 49.9 Å². The number of hydrogen-bond donors (Lipinski definition) is 1. The molecule has 48 heavy (non-hydrogen) atoms. The highest BCUT2D eigenvalue weighted by molar-refractivity contribution is 5.90. The molecule has 5 saturated carbocycles. The fraction of sp³-hybridized carbons (Fsp3) is 0.778. The average molecular weight is 674 g/mol. The summed E-state index contributed by atoms with van der Waals surface area (Å²) in [7, 11) is 9.88. The third kappa shape index (κ3) is 4.10. The molecule has 7 rings (SSSR count). The fourth-order valence-corrected chi connectivity index (χ4v) is 12.7. The fourth-order valence-electron chi connectivity index (χ4n) is 12.7. The molecule has 1 aromatic rings. The second-order valence-electron chi connectivity index (χ2n) is 15.0. The molecule has 13 atom stereocenters. The first-order chi connectivity index (χ1) is 23.0. The van der Waals surface area contributed by atoms with Crippen LogP contribution in [0.25, 0.3) is 0 Å². The molecule has 6 fully saturated rings. The minimum Gasteiger partial charge on any atom is -0.493 e. The second-order valence-corrected chi connectivity index (χ2v) is 15.0. The lowest BCUT2D eigenvalue weighted by molar-refractivity contribution is -0.287. The summed E-state index contributed by atoms with van der Waals surface area (Å²) in [6.45, 7) is 5.75. The molecule has 1 spiro atoms. The predicted octanol–water partition coefficient (Wildman–Crippen LogP) is 2.72. The highest BCUT2D eigenvalue weighted by Gasteiger charge is 2.89. The maximum atomic E-state index is 14.1. The number of benzene rings is 1. The van der Waals surface area contributed by atoms with Crippen LogP contribution in [0.3, 0.4) is 0 Å². The molecule has 0 radical (unpaired) electrons. The van der Waals surface area contributed by atoms with Gasteiger partial charge < -0.3 is 43.0 Å². The molecule has 0 amide bonds. The van der Waals surface area contributed by atoms with Gasteiger partial charge in [-0.25, -0.2) is 4.79 Å². The first kappa shape index (κ1) is 34.0. The molecule has 266 valence electrons. The average Bonchev–Trinajstić information content (AvgIpc) is 3.45. The molecule has 1 saturated heterocycles. The van der Waals surface area contributed by atoms with Crippen LogP contribution in [0.15, 0.2) is 18.2 Å². The molecular formula is C36H51NO11. The number of likely N-dealkylation sites (tertiary alicyclic amines) is 1. The van der Waals surface area contributed by atoms with Crippen molar-refractivity contribution < 1.29 is 52.6 Å². The van der Waals surface area contributed by atoms with E-state index in [1.54, 1.807) is 46.6 Å². The molecule has 1 N–H and O–H groups in total. The monoisotopic (exact) mass is 673 g/mol. The van der Waals surface area contributed by atoms with Crippen LogP contribution in [0.5, 0.6) is 11.5 Å². The Hall–Kier alpha value is -2.48. The minimum atomic E-state index is -1.55. The maximum Gasteiger partial charge on any atom is 0.338 e. The van der Waals surface area contributed by atoms with Crippen LogP contribution in [0.2, 0.25) is 0 Å². The predicted molar refractivity (Wildman–Crippen MR) is 171 cm³/mol. The maximum absolute atomic E-state index is 14.1. The number of hydrogen-bond acceptors (Lipinski definition) is 12. The number of aliphatic hydroxyl groups is 1. The van der Waals surface area contributed by atoms with Gasteiger partial charge in [0.15, 0.2) is 11.5 Å². The third-order valence-corrected chi connectivity index (χ3v) is 13.6. The van der Waals surface area contributed by atoms with Crippen molar-refractivity contribution in [3.05, 3.63) is 23.8 Å². The second kappa shape index (κ2) is 11.8. The molecule has 0 aromatic heterocycles. The normalized spacial score (nSPS) is 45.1. The molecule has 12 heteroatoms. The van der Waals surface area contributed by atoms with Gasteiger partial charge in [-0.1, -0.05) is 6.92 Å². The summed E-state index contributed by atoms with van der Waals surface area (Å²) in [4.78, 5) is 29.9. The van der Waals surface area contributed by atoms with E-state index in [1.165, 1.54) is 21.1 Å². The van der Waals surface area contributed by atoms with Crippen molar-refractivity contribution in [2.75, 3.05) is 62.4 Å². The van der Waals surface area contributed by atoms with E-state index in [2.05, 4.69) is 11.8 Å². The lowest BCUT2D eigenvalue weighted by atomic mass is 9.43. The molecule has 1 aromatic carbocycles. The lowest BCUT2D eigenvalue weighted by Gasteiger charge is -2.69. The lowest BCUT2D eigenvalue weighted by Crippen LogP contribution is -2.77. The van der Waals surface area contributed by atoms with Crippen molar-refractivity contribution in [2.24, 2.45) is 34.5 Å². The number of ether oxygens (including phenoxy) is 8. The summed E-state index contributed by atoms with van der Waals surface area (Å²) in [5.74, 6) is -1.32. The number of rotatable bonds is 11. The van der Waals surface area contributed by atoms with Gasteiger partial charge in [0.2, 0.25) is 0 Å². The largest absolute Gasteiger partial charge is 0.493 e. The summed E-state index contributed by atoms with van der Waals surface area (Å²) in [6, 6.07) is 4.76. The Kier molecular flexibility index (Phi) is 8.36. The van der Waals surface area contributed by atoms with Gasteiger partial charge in [-0.3, -0.25) is 9.69 Å². The van der Waals surface area contributed by atoms with Crippen molar-refractivity contribution in [1.29, 1.82) is 0 Å². The van der Waals surface area contributed by atoms with Crippen molar-refractivity contribution in [1.82, 2.24) is 4.90 Å². The molecule has 1 heterocycles. The molecule has 12 nitrogen and oxygen atoms in total. The Labute approximate surface area is 282 Å². The standard InChI is InChI=1S/C36H51NO11/c1-9-37-17-33(18-41-3)13-12-24(44-6)36-21-15-34(40)25(45-7)16-35(48-19(2)38,27(30(36)37)28(46-8)29(33)36)26(21)31(34)47-32(39)20-10-11-22(42-4)23(14-20)43-5/h10-11,14,21,24-31,40H,9,12-13,15-18H2,1-8H3/t21-,24+,25+,26-,27+,28+,29-,30-,31-,33+,34-,35-,36+/m1/s1. The number of piperidine rings is 1. The molecular weight excluding hydrogens is 622 g/mol. The Morgan fingerprint density at radius 1 is 0.958 bits per heavy atom. The first-order valence-corrected chi connectivity index (χ1v) is 17.2. The van der Waals surface area contributed by atoms with Crippen molar-refractivity contribution >= 4 is 11.9 Å². The topological polar surface area (TPSA) is 131 Å². The minimum absolute atomic E-state index is 0.0139. The Morgan fingerprint density at radius 3 is 2.29 bits per heavy atom. The SMILES string of the molecule is CCN1C[C@]2(COC)CC[C@H](OC)[C@@]34[C@@H]5C[C@@]6(O)[C@@H](OC)C[C@@](OC(C)=O)([C@H]5[C@H]6OC(=O)c5ccc(OC)c(OC)c5)[C@@H]([C@H](OC)[C@H]23)[C@@H]14. The molecule has 1 aliphatic heterocycles.